The standard InChI is InChI=1S/C19H21O2/c1-2-20-19-10-6-5-9-18(19)15-11-13-17(14-12-15)21-16-7-3-4-8-16/h5-7,9-14,16H,2-4,8H2,1H3. The van der Waals surface area contributed by atoms with E-state index in [-0.39, 0.29) is 6.10 Å². The number of ether oxygens (including phenoxy) is 2. The van der Waals surface area contributed by atoms with Crippen molar-refractivity contribution in [2.75, 3.05) is 6.61 Å². The van der Waals surface area contributed by atoms with E-state index in [0.29, 0.717) is 6.61 Å². The van der Waals surface area contributed by atoms with Crippen molar-refractivity contribution < 1.29 is 9.47 Å². The zero-order chi connectivity index (χ0) is 14.5. The minimum absolute atomic E-state index is 0.284. The molecule has 21 heavy (non-hydrogen) atoms. The van der Waals surface area contributed by atoms with Gasteiger partial charge in [0.25, 0.3) is 0 Å². The van der Waals surface area contributed by atoms with Crippen LogP contribution in [0.1, 0.15) is 26.2 Å². The summed E-state index contributed by atoms with van der Waals surface area (Å²) in [4.78, 5) is 0. The van der Waals surface area contributed by atoms with Crippen LogP contribution >= 0.6 is 0 Å². The first kappa shape index (κ1) is 14.0. The molecule has 2 heteroatoms. The summed E-state index contributed by atoms with van der Waals surface area (Å²) < 4.78 is 11.7. The lowest BCUT2D eigenvalue weighted by atomic mass is 10.0. The molecule has 1 saturated carbocycles. The molecule has 0 aromatic heterocycles. The Morgan fingerprint density at radius 1 is 1.05 bits per heavy atom. The van der Waals surface area contributed by atoms with Crippen LogP contribution in [0.3, 0.4) is 0 Å². The Kier molecular flexibility index (Phi) is 4.44. The molecule has 0 amide bonds. The average Bonchev–Trinajstić information content (AvgIpc) is 3.02. The van der Waals surface area contributed by atoms with Crippen molar-refractivity contribution in [1.82, 2.24) is 0 Å². The van der Waals surface area contributed by atoms with Gasteiger partial charge in [-0.25, -0.2) is 0 Å². The third-order valence-electron chi connectivity index (χ3n) is 3.76. The fourth-order valence-corrected chi connectivity index (χ4v) is 2.72. The van der Waals surface area contributed by atoms with Gasteiger partial charge in [0.2, 0.25) is 0 Å². The average molecular weight is 281 g/mol. The molecule has 0 heterocycles. The monoisotopic (exact) mass is 281 g/mol. The lowest BCUT2D eigenvalue weighted by Crippen LogP contribution is -2.11. The molecule has 0 saturated heterocycles. The second kappa shape index (κ2) is 6.66. The fourth-order valence-electron chi connectivity index (χ4n) is 2.72. The molecule has 1 fully saturated rings. The highest BCUT2D eigenvalue weighted by Crippen LogP contribution is 2.31. The van der Waals surface area contributed by atoms with E-state index >= 15 is 0 Å². The normalized spacial score (nSPS) is 15.1. The summed E-state index contributed by atoms with van der Waals surface area (Å²) in [6, 6.07) is 16.4. The second-order valence-corrected chi connectivity index (χ2v) is 5.28. The van der Waals surface area contributed by atoms with Crippen molar-refractivity contribution in [3.63, 3.8) is 0 Å². The van der Waals surface area contributed by atoms with Crippen LogP contribution in [0, 0.1) is 6.42 Å². The van der Waals surface area contributed by atoms with Gasteiger partial charge in [0.15, 0.2) is 0 Å². The molecule has 109 valence electrons. The molecule has 1 radical (unpaired) electrons. The topological polar surface area (TPSA) is 18.5 Å². The maximum absolute atomic E-state index is 5.96. The van der Waals surface area contributed by atoms with Crippen LogP contribution in [0.5, 0.6) is 11.5 Å². The largest absolute Gasteiger partial charge is 0.493 e. The lowest BCUT2D eigenvalue weighted by Gasteiger charge is -2.14. The molecule has 1 atom stereocenters. The van der Waals surface area contributed by atoms with Crippen molar-refractivity contribution in [3.8, 4) is 22.6 Å². The van der Waals surface area contributed by atoms with Gasteiger partial charge in [0.05, 0.1) is 6.61 Å². The molecule has 2 aromatic rings. The van der Waals surface area contributed by atoms with E-state index in [1.54, 1.807) is 0 Å². The molecule has 0 N–H and O–H groups in total. The minimum atomic E-state index is 0.284. The molecular formula is C19H21O2. The van der Waals surface area contributed by atoms with Gasteiger partial charge in [-0.15, -0.1) is 0 Å². The predicted molar refractivity (Wildman–Crippen MR) is 85.6 cm³/mol. The van der Waals surface area contributed by atoms with E-state index in [1.165, 1.54) is 12.8 Å². The Bertz CT molecular complexity index is 568. The van der Waals surface area contributed by atoms with E-state index in [9.17, 15) is 0 Å². The maximum atomic E-state index is 5.96. The van der Waals surface area contributed by atoms with E-state index < -0.39 is 0 Å². The van der Waals surface area contributed by atoms with Gasteiger partial charge in [0, 0.05) is 12.0 Å². The molecular weight excluding hydrogens is 260 g/mol. The van der Waals surface area contributed by atoms with Crippen LogP contribution in [0.2, 0.25) is 0 Å². The summed E-state index contributed by atoms with van der Waals surface area (Å²) in [6.07, 6.45) is 6.09. The molecule has 2 nitrogen and oxygen atoms in total. The summed E-state index contributed by atoms with van der Waals surface area (Å²) in [5.41, 5.74) is 2.28. The van der Waals surface area contributed by atoms with Gasteiger partial charge in [-0.05, 0) is 49.9 Å². The molecule has 1 unspecified atom stereocenters. The first-order chi connectivity index (χ1) is 10.4. The third-order valence-corrected chi connectivity index (χ3v) is 3.76. The smallest absolute Gasteiger partial charge is 0.127 e. The van der Waals surface area contributed by atoms with E-state index in [2.05, 4.69) is 24.6 Å². The van der Waals surface area contributed by atoms with E-state index in [4.69, 9.17) is 9.47 Å². The van der Waals surface area contributed by atoms with Crippen LogP contribution in [0.15, 0.2) is 48.5 Å². The lowest BCUT2D eigenvalue weighted by molar-refractivity contribution is 0.241. The third kappa shape index (κ3) is 3.38. The molecule has 0 spiro atoms. The molecule has 3 rings (SSSR count). The van der Waals surface area contributed by atoms with Crippen LogP contribution in [-0.2, 0) is 0 Å². The Labute approximate surface area is 126 Å². The predicted octanol–water partition coefficient (Wildman–Crippen LogP) is 4.89. The SMILES string of the molecule is CCOc1ccccc1-c1ccc(OC2[CH]CCC2)cc1. The highest BCUT2D eigenvalue weighted by molar-refractivity contribution is 5.70. The number of para-hydroxylation sites is 1. The Balaban J connectivity index is 1.77. The fraction of sp³-hybridized carbons (Fsp3) is 0.316. The first-order valence-corrected chi connectivity index (χ1v) is 7.69. The number of benzene rings is 2. The van der Waals surface area contributed by atoms with Crippen molar-refractivity contribution in [3.05, 3.63) is 55.0 Å². The first-order valence-electron chi connectivity index (χ1n) is 7.69. The zero-order valence-corrected chi connectivity index (χ0v) is 12.4. The minimum Gasteiger partial charge on any atom is -0.493 e. The molecule has 1 aliphatic rings. The van der Waals surface area contributed by atoms with E-state index in [1.807, 2.05) is 37.3 Å². The van der Waals surface area contributed by atoms with Gasteiger partial charge in [-0.3, -0.25) is 0 Å². The Hall–Kier alpha value is -1.96. The van der Waals surface area contributed by atoms with Crippen LogP contribution < -0.4 is 9.47 Å². The highest BCUT2D eigenvalue weighted by atomic mass is 16.5. The molecule has 1 aliphatic carbocycles. The van der Waals surface area contributed by atoms with E-state index in [0.717, 1.165) is 29.0 Å². The number of rotatable bonds is 5. The summed E-state index contributed by atoms with van der Waals surface area (Å²) in [5, 5.41) is 0. The quantitative estimate of drug-likeness (QED) is 0.777. The zero-order valence-electron chi connectivity index (χ0n) is 12.4. The summed E-state index contributed by atoms with van der Waals surface area (Å²) in [5.74, 6) is 1.87. The van der Waals surface area contributed by atoms with Crippen molar-refractivity contribution in [1.29, 1.82) is 0 Å². The van der Waals surface area contributed by atoms with Gasteiger partial charge in [0.1, 0.15) is 17.6 Å². The summed E-state index contributed by atoms with van der Waals surface area (Å²) >= 11 is 0. The van der Waals surface area contributed by atoms with Crippen molar-refractivity contribution >= 4 is 0 Å². The van der Waals surface area contributed by atoms with Crippen LogP contribution in [0.25, 0.3) is 11.1 Å². The highest BCUT2D eigenvalue weighted by Gasteiger charge is 2.16. The Morgan fingerprint density at radius 3 is 2.57 bits per heavy atom. The molecule has 2 aromatic carbocycles. The van der Waals surface area contributed by atoms with Gasteiger partial charge < -0.3 is 9.47 Å². The van der Waals surface area contributed by atoms with Crippen LogP contribution in [-0.4, -0.2) is 12.7 Å². The summed E-state index contributed by atoms with van der Waals surface area (Å²) in [7, 11) is 0. The number of hydrogen-bond donors (Lipinski definition) is 0. The van der Waals surface area contributed by atoms with Crippen molar-refractivity contribution in [2.24, 2.45) is 0 Å². The van der Waals surface area contributed by atoms with Gasteiger partial charge >= 0.3 is 0 Å². The molecule has 0 aliphatic heterocycles. The number of hydrogen-bond acceptors (Lipinski definition) is 2. The summed E-state index contributed by atoms with van der Waals surface area (Å²) in [6.45, 7) is 2.68. The van der Waals surface area contributed by atoms with Crippen LogP contribution in [0.4, 0.5) is 0 Å². The maximum Gasteiger partial charge on any atom is 0.127 e. The van der Waals surface area contributed by atoms with Gasteiger partial charge in [-0.2, -0.15) is 0 Å². The molecule has 0 bridgehead atoms. The second-order valence-electron chi connectivity index (χ2n) is 5.28. The van der Waals surface area contributed by atoms with Crippen molar-refractivity contribution in [2.45, 2.75) is 32.3 Å². The van der Waals surface area contributed by atoms with Gasteiger partial charge in [-0.1, -0.05) is 30.3 Å². The Morgan fingerprint density at radius 2 is 1.86 bits per heavy atom.